The number of urea groups is 1. The molecule has 132 valence electrons. The van der Waals surface area contributed by atoms with Crippen LogP contribution in [0.2, 0.25) is 0 Å². The van der Waals surface area contributed by atoms with Crippen LogP contribution in [0.4, 0.5) is 4.79 Å². The molecule has 0 unspecified atom stereocenters. The Kier molecular flexibility index (Phi) is 6.26. The third kappa shape index (κ3) is 5.48. The second kappa shape index (κ2) is 9.06. The fourth-order valence-corrected chi connectivity index (χ4v) is 3.09. The van der Waals surface area contributed by atoms with Crippen LogP contribution < -0.4 is 10.6 Å². The zero-order valence-corrected chi connectivity index (χ0v) is 14.6. The van der Waals surface area contributed by atoms with Crippen molar-refractivity contribution in [2.75, 3.05) is 13.1 Å². The second-order valence-electron chi connectivity index (χ2n) is 6.41. The first-order chi connectivity index (χ1) is 12.3. The Labute approximate surface area is 149 Å². The summed E-state index contributed by atoms with van der Waals surface area (Å²) in [6.45, 7) is 1.35. The molecule has 1 aliphatic carbocycles. The Bertz CT molecular complexity index is 689. The predicted octanol–water partition coefficient (Wildman–Crippen LogP) is 3.60. The maximum Gasteiger partial charge on any atom is 0.314 e. The summed E-state index contributed by atoms with van der Waals surface area (Å²) < 4.78 is 1.83. The number of rotatable bonds is 7. The number of amides is 2. The molecule has 0 atom stereocenters. The number of nitrogens with one attached hydrogen (secondary N) is 2. The number of allylic oxidation sites excluding steroid dienone is 1. The van der Waals surface area contributed by atoms with E-state index in [4.69, 9.17) is 0 Å². The summed E-state index contributed by atoms with van der Waals surface area (Å²) in [5.41, 5.74) is 3.73. The highest BCUT2D eigenvalue weighted by atomic mass is 16.2. The van der Waals surface area contributed by atoms with Gasteiger partial charge in [0.1, 0.15) is 0 Å². The molecule has 0 saturated carbocycles. The van der Waals surface area contributed by atoms with Crippen molar-refractivity contribution >= 4 is 6.03 Å². The SMILES string of the molecule is O=C(NCCC1=CCCCC1)NCCc1ccc(-n2cccn2)cc1. The van der Waals surface area contributed by atoms with Gasteiger partial charge in [-0.1, -0.05) is 23.8 Å². The van der Waals surface area contributed by atoms with Crippen molar-refractivity contribution in [3.05, 3.63) is 59.9 Å². The molecule has 2 aromatic rings. The van der Waals surface area contributed by atoms with Gasteiger partial charge >= 0.3 is 6.03 Å². The van der Waals surface area contributed by atoms with Crippen LogP contribution in [0, 0.1) is 0 Å². The molecule has 1 aromatic heterocycles. The lowest BCUT2D eigenvalue weighted by Gasteiger charge is -2.13. The minimum atomic E-state index is -0.0791. The summed E-state index contributed by atoms with van der Waals surface area (Å²) in [5.74, 6) is 0. The van der Waals surface area contributed by atoms with Crippen molar-refractivity contribution in [2.45, 2.75) is 38.5 Å². The zero-order valence-electron chi connectivity index (χ0n) is 14.6. The van der Waals surface area contributed by atoms with E-state index in [0.29, 0.717) is 6.54 Å². The smallest absolute Gasteiger partial charge is 0.314 e. The van der Waals surface area contributed by atoms with Crippen LogP contribution >= 0.6 is 0 Å². The molecule has 2 amide bonds. The molecule has 1 aromatic carbocycles. The molecule has 2 N–H and O–H groups in total. The molecule has 25 heavy (non-hydrogen) atoms. The van der Waals surface area contributed by atoms with Crippen molar-refractivity contribution in [3.63, 3.8) is 0 Å². The molecule has 0 bridgehead atoms. The lowest BCUT2D eigenvalue weighted by Crippen LogP contribution is -2.37. The van der Waals surface area contributed by atoms with Crippen LogP contribution in [-0.4, -0.2) is 28.9 Å². The standard InChI is InChI=1S/C20H26N4O/c25-20(21-14-11-17-5-2-1-3-6-17)22-15-12-18-7-9-19(10-8-18)24-16-4-13-23-24/h4-5,7-10,13,16H,1-3,6,11-12,14-15H2,(H2,21,22,25). The predicted molar refractivity (Wildman–Crippen MR) is 99.8 cm³/mol. The molecular weight excluding hydrogens is 312 g/mol. The molecule has 0 saturated heterocycles. The summed E-state index contributed by atoms with van der Waals surface area (Å²) in [6, 6.07) is 10.1. The number of benzene rings is 1. The summed E-state index contributed by atoms with van der Waals surface area (Å²) in [6.07, 6.45) is 12.8. The van der Waals surface area contributed by atoms with Crippen molar-refractivity contribution in [2.24, 2.45) is 0 Å². The van der Waals surface area contributed by atoms with Crippen LogP contribution in [0.15, 0.2) is 54.4 Å². The number of hydrogen-bond acceptors (Lipinski definition) is 2. The molecule has 3 rings (SSSR count). The normalized spacial score (nSPS) is 14.0. The molecule has 5 heteroatoms. The van der Waals surface area contributed by atoms with E-state index in [9.17, 15) is 4.79 Å². The van der Waals surface area contributed by atoms with Gasteiger partial charge in [-0.2, -0.15) is 5.10 Å². The third-order valence-electron chi connectivity index (χ3n) is 4.52. The highest BCUT2D eigenvalue weighted by Crippen LogP contribution is 2.19. The molecular formula is C20H26N4O. The fraction of sp³-hybridized carbons (Fsp3) is 0.400. The van der Waals surface area contributed by atoms with Crippen LogP contribution in [0.5, 0.6) is 0 Å². The van der Waals surface area contributed by atoms with Gasteiger partial charge in [-0.15, -0.1) is 0 Å². The number of carbonyl (C=O) groups is 1. The van der Waals surface area contributed by atoms with Gasteiger partial charge in [-0.25, -0.2) is 9.48 Å². The van der Waals surface area contributed by atoms with E-state index in [1.54, 1.807) is 6.20 Å². The first kappa shape index (κ1) is 17.3. The number of carbonyl (C=O) groups excluding carboxylic acids is 1. The average Bonchev–Trinajstić information content (AvgIpc) is 3.18. The van der Waals surface area contributed by atoms with E-state index < -0.39 is 0 Å². The van der Waals surface area contributed by atoms with Crippen LogP contribution in [0.1, 0.15) is 37.7 Å². The van der Waals surface area contributed by atoms with E-state index in [1.807, 2.05) is 29.1 Å². The highest BCUT2D eigenvalue weighted by molar-refractivity contribution is 5.73. The van der Waals surface area contributed by atoms with Crippen LogP contribution in [0.3, 0.4) is 0 Å². The third-order valence-corrected chi connectivity index (χ3v) is 4.52. The lowest BCUT2D eigenvalue weighted by molar-refractivity contribution is 0.241. The van der Waals surface area contributed by atoms with Gasteiger partial charge in [0.05, 0.1) is 5.69 Å². The van der Waals surface area contributed by atoms with Gasteiger partial charge in [-0.05, 0) is 62.3 Å². The molecule has 0 spiro atoms. The Morgan fingerprint density at radius 2 is 1.88 bits per heavy atom. The first-order valence-corrected chi connectivity index (χ1v) is 9.10. The second-order valence-corrected chi connectivity index (χ2v) is 6.41. The van der Waals surface area contributed by atoms with E-state index in [-0.39, 0.29) is 6.03 Å². The first-order valence-electron chi connectivity index (χ1n) is 9.10. The highest BCUT2D eigenvalue weighted by Gasteiger charge is 2.05. The van der Waals surface area contributed by atoms with E-state index in [2.05, 4.69) is 33.9 Å². The minimum absolute atomic E-state index is 0.0791. The summed E-state index contributed by atoms with van der Waals surface area (Å²) in [7, 11) is 0. The quantitative estimate of drug-likeness (QED) is 0.758. The summed E-state index contributed by atoms with van der Waals surface area (Å²) in [5, 5.41) is 10.1. The van der Waals surface area contributed by atoms with E-state index in [0.717, 1.165) is 25.1 Å². The van der Waals surface area contributed by atoms with Crippen molar-refractivity contribution in [1.29, 1.82) is 0 Å². The molecule has 1 aliphatic rings. The molecule has 1 heterocycles. The van der Waals surface area contributed by atoms with Gasteiger partial charge in [0.2, 0.25) is 0 Å². The number of nitrogens with zero attached hydrogens (tertiary/aromatic N) is 2. The largest absolute Gasteiger partial charge is 0.338 e. The lowest BCUT2D eigenvalue weighted by atomic mass is 9.97. The monoisotopic (exact) mass is 338 g/mol. The molecule has 0 radical (unpaired) electrons. The van der Waals surface area contributed by atoms with Gasteiger partial charge in [0.15, 0.2) is 0 Å². The van der Waals surface area contributed by atoms with Gasteiger partial charge in [0.25, 0.3) is 0 Å². The number of hydrogen-bond donors (Lipinski definition) is 2. The Hall–Kier alpha value is -2.56. The minimum Gasteiger partial charge on any atom is -0.338 e. The summed E-state index contributed by atoms with van der Waals surface area (Å²) in [4.78, 5) is 11.8. The molecule has 0 fully saturated rings. The van der Waals surface area contributed by atoms with Gasteiger partial charge in [0, 0.05) is 25.5 Å². The fourth-order valence-electron chi connectivity index (χ4n) is 3.09. The Balaban J connectivity index is 1.33. The van der Waals surface area contributed by atoms with Crippen LogP contribution in [-0.2, 0) is 6.42 Å². The van der Waals surface area contributed by atoms with Crippen molar-refractivity contribution in [3.8, 4) is 5.69 Å². The van der Waals surface area contributed by atoms with Gasteiger partial charge < -0.3 is 10.6 Å². The van der Waals surface area contributed by atoms with Crippen LogP contribution in [0.25, 0.3) is 5.69 Å². The van der Waals surface area contributed by atoms with E-state index >= 15 is 0 Å². The number of aromatic nitrogens is 2. The Morgan fingerprint density at radius 1 is 1.08 bits per heavy atom. The zero-order chi connectivity index (χ0) is 17.3. The summed E-state index contributed by atoms with van der Waals surface area (Å²) >= 11 is 0. The van der Waals surface area contributed by atoms with Crippen molar-refractivity contribution < 1.29 is 4.79 Å². The average molecular weight is 338 g/mol. The van der Waals surface area contributed by atoms with E-state index in [1.165, 1.54) is 36.8 Å². The molecule has 0 aliphatic heterocycles. The maximum absolute atomic E-state index is 11.8. The maximum atomic E-state index is 11.8. The molecule has 5 nitrogen and oxygen atoms in total. The topological polar surface area (TPSA) is 59.0 Å². The van der Waals surface area contributed by atoms with Crippen molar-refractivity contribution in [1.82, 2.24) is 20.4 Å². The van der Waals surface area contributed by atoms with Gasteiger partial charge in [-0.3, -0.25) is 0 Å². The Morgan fingerprint density at radius 3 is 2.56 bits per heavy atom.